The number of carbonyl (C=O) groups is 3. The quantitative estimate of drug-likeness (QED) is 0.468. The number of aliphatic imine (C=N–C) groups is 1. The van der Waals surface area contributed by atoms with Crippen LogP contribution in [0.15, 0.2) is 23.2 Å². The summed E-state index contributed by atoms with van der Waals surface area (Å²) in [6.07, 6.45) is 1.11. The zero-order valence-electron chi connectivity index (χ0n) is 13.7. The van der Waals surface area contributed by atoms with Crippen LogP contribution in [0.5, 0.6) is 5.75 Å². The molecular weight excluding hydrogens is 318 g/mol. The Hall–Kier alpha value is -2.90. The number of methoxy groups -OCH3 is 2. The Morgan fingerprint density at radius 2 is 1.83 bits per heavy atom. The molecule has 0 saturated carbocycles. The molecule has 1 fully saturated rings. The van der Waals surface area contributed by atoms with E-state index >= 15 is 0 Å². The molecule has 0 N–H and O–H groups in total. The van der Waals surface area contributed by atoms with Gasteiger partial charge in [-0.2, -0.15) is 0 Å². The SMILES string of the molecule is COC(=O)c1cc(N=CC2C(=O)OC(C)(C)OC2=O)ccc1OC. The van der Waals surface area contributed by atoms with Crippen molar-refractivity contribution >= 4 is 29.8 Å². The summed E-state index contributed by atoms with van der Waals surface area (Å²) >= 11 is 0. The summed E-state index contributed by atoms with van der Waals surface area (Å²) in [5.41, 5.74) is 0.506. The number of cyclic esters (lactones) is 2. The number of hydrogen-bond acceptors (Lipinski definition) is 8. The molecule has 0 amide bonds. The van der Waals surface area contributed by atoms with Gasteiger partial charge in [-0.1, -0.05) is 0 Å². The highest BCUT2D eigenvalue weighted by Crippen LogP contribution is 2.26. The molecule has 1 aliphatic heterocycles. The van der Waals surface area contributed by atoms with Gasteiger partial charge in [0, 0.05) is 20.1 Å². The van der Waals surface area contributed by atoms with E-state index in [0.29, 0.717) is 11.4 Å². The molecule has 0 spiro atoms. The predicted octanol–water partition coefficient (Wildman–Crippen LogP) is 1.64. The van der Waals surface area contributed by atoms with Gasteiger partial charge in [-0.25, -0.2) is 4.79 Å². The molecule has 0 unspecified atom stereocenters. The van der Waals surface area contributed by atoms with E-state index in [0.717, 1.165) is 6.21 Å². The van der Waals surface area contributed by atoms with Crippen molar-refractivity contribution in [1.82, 2.24) is 0 Å². The Balaban J connectivity index is 2.24. The van der Waals surface area contributed by atoms with Crippen LogP contribution >= 0.6 is 0 Å². The van der Waals surface area contributed by atoms with Crippen LogP contribution in [0, 0.1) is 5.92 Å². The fraction of sp³-hybridized carbons (Fsp3) is 0.375. The first-order chi connectivity index (χ1) is 11.3. The summed E-state index contributed by atoms with van der Waals surface area (Å²) < 4.78 is 19.7. The van der Waals surface area contributed by atoms with E-state index in [4.69, 9.17) is 14.2 Å². The molecule has 0 atom stereocenters. The molecule has 0 radical (unpaired) electrons. The minimum atomic E-state index is -1.29. The summed E-state index contributed by atoms with van der Waals surface area (Å²) in [5, 5.41) is 0. The Morgan fingerprint density at radius 3 is 2.38 bits per heavy atom. The normalized spacial score (nSPS) is 17.3. The minimum absolute atomic E-state index is 0.171. The molecule has 0 bridgehead atoms. The van der Waals surface area contributed by atoms with E-state index in [1.54, 1.807) is 6.07 Å². The lowest BCUT2D eigenvalue weighted by Crippen LogP contribution is -2.46. The summed E-state index contributed by atoms with van der Waals surface area (Å²) in [7, 11) is 2.66. The Morgan fingerprint density at radius 1 is 1.21 bits per heavy atom. The van der Waals surface area contributed by atoms with Crippen molar-refractivity contribution in [2.24, 2.45) is 10.9 Å². The van der Waals surface area contributed by atoms with E-state index in [1.165, 1.54) is 40.2 Å². The number of benzene rings is 1. The summed E-state index contributed by atoms with van der Waals surface area (Å²) in [6.45, 7) is 2.92. The maximum absolute atomic E-state index is 11.9. The van der Waals surface area contributed by atoms with Crippen molar-refractivity contribution in [3.63, 3.8) is 0 Å². The number of rotatable bonds is 4. The number of esters is 3. The maximum Gasteiger partial charge on any atom is 0.341 e. The van der Waals surface area contributed by atoms with Crippen LogP contribution in [0.25, 0.3) is 0 Å². The van der Waals surface area contributed by atoms with Gasteiger partial charge >= 0.3 is 17.9 Å². The molecule has 0 aromatic heterocycles. The molecule has 1 aliphatic rings. The van der Waals surface area contributed by atoms with Gasteiger partial charge in [0.15, 0.2) is 5.92 Å². The molecule has 1 aromatic rings. The third kappa shape index (κ3) is 3.70. The summed E-state index contributed by atoms with van der Waals surface area (Å²) in [5.74, 6) is -4.33. The van der Waals surface area contributed by atoms with Crippen LogP contribution in [0.3, 0.4) is 0 Å². The fourth-order valence-corrected chi connectivity index (χ4v) is 2.06. The van der Waals surface area contributed by atoms with Crippen LogP contribution in [-0.2, 0) is 23.8 Å². The zero-order chi connectivity index (χ0) is 17.9. The van der Waals surface area contributed by atoms with Gasteiger partial charge in [0.05, 0.1) is 19.9 Å². The van der Waals surface area contributed by atoms with Gasteiger partial charge in [0.2, 0.25) is 0 Å². The summed E-state index contributed by atoms with van der Waals surface area (Å²) in [6, 6.07) is 4.51. The van der Waals surface area contributed by atoms with Crippen LogP contribution in [0.1, 0.15) is 24.2 Å². The largest absolute Gasteiger partial charge is 0.496 e. The van der Waals surface area contributed by atoms with Crippen molar-refractivity contribution in [3.8, 4) is 5.75 Å². The average molecular weight is 335 g/mol. The first-order valence-corrected chi connectivity index (χ1v) is 7.03. The van der Waals surface area contributed by atoms with Crippen molar-refractivity contribution in [1.29, 1.82) is 0 Å². The molecule has 2 rings (SSSR count). The molecule has 1 heterocycles. The van der Waals surface area contributed by atoms with E-state index in [2.05, 4.69) is 9.73 Å². The highest BCUT2D eigenvalue weighted by atomic mass is 16.7. The first-order valence-electron chi connectivity index (χ1n) is 7.03. The first kappa shape index (κ1) is 17.5. The van der Waals surface area contributed by atoms with E-state index < -0.39 is 29.6 Å². The zero-order valence-corrected chi connectivity index (χ0v) is 13.7. The monoisotopic (exact) mass is 335 g/mol. The number of ether oxygens (including phenoxy) is 4. The number of carbonyl (C=O) groups excluding carboxylic acids is 3. The molecule has 8 heteroatoms. The van der Waals surface area contributed by atoms with Gasteiger partial charge in [0.1, 0.15) is 11.3 Å². The van der Waals surface area contributed by atoms with Crippen molar-refractivity contribution < 1.29 is 33.3 Å². The van der Waals surface area contributed by atoms with Crippen molar-refractivity contribution in [2.45, 2.75) is 19.6 Å². The number of nitrogens with zero attached hydrogens (tertiary/aromatic N) is 1. The lowest BCUT2D eigenvalue weighted by molar-refractivity contribution is -0.235. The average Bonchev–Trinajstić information content (AvgIpc) is 2.52. The lowest BCUT2D eigenvalue weighted by Gasteiger charge is -2.31. The smallest absolute Gasteiger partial charge is 0.341 e. The molecule has 1 saturated heterocycles. The predicted molar refractivity (Wildman–Crippen MR) is 82.2 cm³/mol. The summed E-state index contributed by atoms with van der Waals surface area (Å²) in [4.78, 5) is 39.5. The maximum atomic E-state index is 11.9. The van der Waals surface area contributed by atoms with Gasteiger partial charge in [-0.15, -0.1) is 0 Å². The van der Waals surface area contributed by atoms with Crippen LogP contribution in [0.4, 0.5) is 5.69 Å². The van der Waals surface area contributed by atoms with Gasteiger partial charge < -0.3 is 18.9 Å². The fourth-order valence-electron chi connectivity index (χ4n) is 2.06. The minimum Gasteiger partial charge on any atom is -0.496 e. The second-order valence-corrected chi connectivity index (χ2v) is 5.37. The van der Waals surface area contributed by atoms with Crippen molar-refractivity contribution in [3.05, 3.63) is 23.8 Å². The second-order valence-electron chi connectivity index (χ2n) is 5.37. The number of hydrogen-bond donors (Lipinski definition) is 0. The molecule has 8 nitrogen and oxygen atoms in total. The molecule has 1 aromatic carbocycles. The molecule has 0 aliphatic carbocycles. The lowest BCUT2D eigenvalue weighted by atomic mass is 10.1. The van der Waals surface area contributed by atoms with Crippen LogP contribution in [0.2, 0.25) is 0 Å². The third-order valence-electron chi connectivity index (χ3n) is 3.16. The molecular formula is C16H17NO7. The van der Waals surface area contributed by atoms with E-state index in [9.17, 15) is 14.4 Å². The van der Waals surface area contributed by atoms with Gasteiger partial charge in [-0.3, -0.25) is 14.6 Å². The molecule has 24 heavy (non-hydrogen) atoms. The standard InChI is InChI=1S/C16H17NO7/c1-16(2)23-14(19)11(15(20)24-16)8-17-9-5-6-12(21-3)10(7-9)13(18)22-4/h5-8,11H,1-4H3. The van der Waals surface area contributed by atoms with Gasteiger partial charge in [-0.05, 0) is 18.2 Å². The molecule has 128 valence electrons. The highest BCUT2D eigenvalue weighted by molar-refractivity contribution is 6.10. The van der Waals surface area contributed by atoms with Crippen molar-refractivity contribution in [2.75, 3.05) is 14.2 Å². The highest BCUT2D eigenvalue weighted by Gasteiger charge is 2.42. The Kier molecular flexibility index (Phi) is 4.87. The third-order valence-corrected chi connectivity index (χ3v) is 3.16. The Bertz CT molecular complexity index is 688. The second kappa shape index (κ2) is 6.69. The Labute approximate surface area is 138 Å². The van der Waals surface area contributed by atoms with Gasteiger partial charge in [0.25, 0.3) is 5.79 Å². The van der Waals surface area contributed by atoms with E-state index in [-0.39, 0.29) is 5.56 Å². The van der Waals surface area contributed by atoms with Crippen LogP contribution < -0.4 is 4.74 Å². The van der Waals surface area contributed by atoms with E-state index in [1.807, 2.05) is 0 Å². The topological polar surface area (TPSA) is 100 Å². The van der Waals surface area contributed by atoms with Crippen LogP contribution in [-0.4, -0.2) is 44.1 Å².